The molecule has 1 amide bonds. The summed E-state index contributed by atoms with van der Waals surface area (Å²) in [6, 6.07) is 5.06. The molecule has 0 unspecified atom stereocenters. The highest BCUT2D eigenvalue weighted by Gasteiger charge is 2.12. The molecule has 0 atom stereocenters. The van der Waals surface area contributed by atoms with Crippen molar-refractivity contribution in [1.82, 2.24) is 5.06 Å². The maximum atomic E-state index is 11.7. The Kier molecular flexibility index (Phi) is 5.01. The van der Waals surface area contributed by atoms with E-state index in [1.165, 1.54) is 0 Å². The van der Waals surface area contributed by atoms with Gasteiger partial charge >= 0.3 is 0 Å². The predicted octanol–water partition coefficient (Wildman–Crippen LogP) is 2.28. The molecule has 1 saturated heterocycles. The fourth-order valence-electron chi connectivity index (χ4n) is 1.94. The molecule has 5 nitrogen and oxygen atoms in total. The van der Waals surface area contributed by atoms with Crippen LogP contribution in [0.1, 0.15) is 19.3 Å². The van der Waals surface area contributed by atoms with Crippen LogP contribution in [0.25, 0.3) is 0 Å². The van der Waals surface area contributed by atoms with Gasteiger partial charge in [0.2, 0.25) is 5.91 Å². The Balaban J connectivity index is 1.72. The highest BCUT2D eigenvalue weighted by molar-refractivity contribution is 6.33. The third kappa shape index (κ3) is 4.38. The third-order valence-corrected chi connectivity index (χ3v) is 3.26. The van der Waals surface area contributed by atoms with E-state index in [0.717, 1.165) is 32.5 Å². The number of hydrogen-bond acceptors (Lipinski definition) is 4. The van der Waals surface area contributed by atoms with Crippen molar-refractivity contribution in [2.24, 2.45) is 0 Å². The van der Waals surface area contributed by atoms with E-state index in [9.17, 15) is 4.79 Å². The van der Waals surface area contributed by atoms with Crippen LogP contribution in [0.2, 0.25) is 5.02 Å². The third-order valence-electron chi connectivity index (χ3n) is 2.92. The van der Waals surface area contributed by atoms with Gasteiger partial charge in [-0.25, -0.2) is 0 Å². The van der Waals surface area contributed by atoms with Gasteiger partial charge < -0.3 is 11.1 Å². The molecular weight excluding hydrogens is 266 g/mol. The molecule has 1 heterocycles. The zero-order chi connectivity index (χ0) is 13.7. The van der Waals surface area contributed by atoms with E-state index in [-0.39, 0.29) is 5.91 Å². The fraction of sp³-hybridized carbons (Fsp3) is 0.462. The van der Waals surface area contributed by atoms with Crippen molar-refractivity contribution < 1.29 is 9.63 Å². The van der Waals surface area contributed by atoms with Crippen molar-refractivity contribution in [3.8, 4) is 0 Å². The number of carbonyl (C=O) groups excluding carboxylic acids is 1. The van der Waals surface area contributed by atoms with E-state index in [0.29, 0.717) is 22.8 Å². The Hall–Kier alpha value is -1.30. The van der Waals surface area contributed by atoms with Crippen LogP contribution >= 0.6 is 11.6 Å². The monoisotopic (exact) mass is 283 g/mol. The molecule has 0 radical (unpaired) electrons. The van der Waals surface area contributed by atoms with Crippen molar-refractivity contribution in [3.63, 3.8) is 0 Å². The average Bonchev–Trinajstić information content (AvgIpc) is 2.87. The summed E-state index contributed by atoms with van der Waals surface area (Å²) in [5.41, 5.74) is 6.81. The molecule has 1 fully saturated rings. The Morgan fingerprint density at radius 3 is 3.05 bits per heavy atom. The molecule has 0 bridgehead atoms. The lowest BCUT2D eigenvalue weighted by Crippen LogP contribution is -2.21. The van der Waals surface area contributed by atoms with Crippen LogP contribution < -0.4 is 11.1 Å². The van der Waals surface area contributed by atoms with E-state index >= 15 is 0 Å². The largest absolute Gasteiger partial charge is 0.397 e. The molecule has 104 valence electrons. The number of anilines is 2. The Labute approximate surface area is 117 Å². The highest BCUT2D eigenvalue weighted by Crippen LogP contribution is 2.22. The summed E-state index contributed by atoms with van der Waals surface area (Å²) in [5, 5.41) is 5.20. The van der Waals surface area contributed by atoms with Gasteiger partial charge in [0, 0.05) is 25.2 Å². The van der Waals surface area contributed by atoms with Gasteiger partial charge in [-0.3, -0.25) is 9.63 Å². The maximum Gasteiger partial charge on any atom is 0.224 e. The molecule has 1 aliphatic heterocycles. The first kappa shape index (κ1) is 14.1. The Morgan fingerprint density at radius 1 is 1.53 bits per heavy atom. The average molecular weight is 284 g/mol. The van der Waals surface area contributed by atoms with E-state index in [1.807, 2.05) is 5.06 Å². The molecule has 1 aromatic rings. The first-order valence-corrected chi connectivity index (χ1v) is 6.76. The van der Waals surface area contributed by atoms with Crippen molar-refractivity contribution in [1.29, 1.82) is 0 Å². The van der Waals surface area contributed by atoms with Crippen LogP contribution in [-0.4, -0.2) is 30.7 Å². The molecular formula is C13H18ClN3O2. The minimum absolute atomic E-state index is 0.0269. The topological polar surface area (TPSA) is 67.6 Å². The molecule has 2 rings (SSSR count). The number of amides is 1. The van der Waals surface area contributed by atoms with Crippen molar-refractivity contribution in [3.05, 3.63) is 23.2 Å². The minimum Gasteiger partial charge on any atom is -0.397 e. The van der Waals surface area contributed by atoms with Gasteiger partial charge in [0.05, 0.1) is 17.3 Å². The van der Waals surface area contributed by atoms with Crippen LogP contribution in [0.5, 0.6) is 0 Å². The summed E-state index contributed by atoms with van der Waals surface area (Å²) in [5.74, 6) is -0.0269. The van der Waals surface area contributed by atoms with Gasteiger partial charge in [-0.05, 0) is 31.0 Å². The standard InChI is InChI=1S/C13H18ClN3O2/c14-11-5-4-10(9-12(11)15)16-13(18)3-1-6-17-7-2-8-19-17/h4-5,9H,1-3,6-8,15H2,(H,16,18). The summed E-state index contributed by atoms with van der Waals surface area (Å²) < 4.78 is 0. The molecule has 3 N–H and O–H groups in total. The molecule has 0 aliphatic carbocycles. The molecule has 0 saturated carbocycles. The van der Waals surface area contributed by atoms with E-state index in [4.69, 9.17) is 22.2 Å². The molecule has 1 aliphatic rings. The number of nitrogen functional groups attached to an aromatic ring is 1. The van der Waals surface area contributed by atoms with Gasteiger partial charge in [-0.15, -0.1) is 0 Å². The summed E-state index contributed by atoms with van der Waals surface area (Å²) in [6.07, 6.45) is 2.30. The zero-order valence-electron chi connectivity index (χ0n) is 10.7. The minimum atomic E-state index is -0.0269. The lowest BCUT2D eigenvalue weighted by atomic mass is 10.2. The predicted molar refractivity (Wildman–Crippen MR) is 75.9 cm³/mol. The second-order valence-electron chi connectivity index (χ2n) is 4.50. The number of hydroxylamine groups is 2. The Bertz CT molecular complexity index is 448. The number of benzene rings is 1. The van der Waals surface area contributed by atoms with Gasteiger partial charge in [-0.1, -0.05) is 11.6 Å². The van der Waals surface area contributed by atoms with Crippen molar-refractivity contribution >= 4 is 28.9 Å². The van der Waals surface area contributed by atoms with E-state index < -0.39 is 0 Å². The number of rotatable bonds is 5. The summed E-state index contributed by atoms with van der Waals surface area (Å²) in [7, 11) is 0. The maximum absolute atomic E-state index is 11.7. The zero-order valence-corrected chi connectivity index (χ0v) is 11.4. The number of hydrogen-bond donors (Lipinski definition) is 2. The van der Waals surface area contributed by atoms with Crippen molar-refractivity contribution in [2.75, 3.05) is 30.7 Å². The molecule has 1 aromatic carbocycles. The number of nitrogens with two attached hydrogens (primary N) is 1. The number of nitrogens with one attached hydrogen (secondary N) is 1. The van der Waals surface area contributed by atoms with Crippen LogP contribution in [0, 0.1) is 0 Å². The van der Waals surface area contributed by atoms with Crippen LogP contribution in [0.15, 0.2) is 18.2 Å². The normalized spacial score (nSPS) is 15.6. The van der Waals surface area contributed by atoms with Crippen LogP contribution in [0.4, 0.5) is 11.4 Å². The first-order chi connectivity index (χ1) is 9.15. The summed E-state index contributed by atoms with van der Waals surface area (Å²) in [4.78, 5) is 17.1. The molecule has 19 heavy (non-hydrogen) atoms. The number of halogens is 1. The number of carbonyl (C=O) groups is 1. The molecule has 6 heteroatoms. The Morgan fingerprint density at radius 2 is 2.37 bits per heavy atom. The fourth-order valence-corrected chi connectivity index (χ4v) is 2.05. The van der Waals surface area contributed by atoms with Gasteiger partial charge in [-0.2, -0.15) is 5.06 Å². The first-order valence-electron chi connectivity index (χ1n) is 6.38. The SMILES string of the molecule is Nc1cc(NC(=O)CCCN2CCCO2)ccc1Cl. The molecule has 0 spiro atoms. The second kappa shape index (κ2) is 6.75. The lowest BCUT2D eigenvalue weighted by Gasteiger charge is -2.13. The van der Waals surface area contributed by atoms with Gasteiger partial charge in [0.25, 0.3) is 0 Å². The van der Waals surface area contributed by atoms with E-state index in [1.54, 1.807) is 18.2 Å². The highest BCUT2D eigenvalue weighted by atomic mass is 35.5. The quantitative estimate of drug-likeness (QED) is 0.814. The number of nitrogens with zero attached hydrogens (tertiary/aromatic N) is 1. The smallest absolute Gasteiger partial charge is 0.224 e. The van der Waals surface area contributed by atoms with Crippen molar-refractivity contribution in [2.45, 2.75) is 19.3 Å². The van der Waals surface area contributed by atoms with Gasteiger partial charge in [0.15, 0.2) is 0 Å². The van der Waals surface area contributed by atoms with Crippen LogP contribution in [-0.2, 0) is 9.63 Å². The molecule has 0 aromatic heterocycles. The summed E-state index contributed by atoms with van der Waals surface area (Å²) in [6.45, 7) is 2.53. The summed E-state index contributed by atoms with van der Waals surface area (Å²) >= 11 is 5.82. The lowest BCUT2D eigenvalue weighted by molar-refractivity contribution is -0.120. The second-order valence-corrected chi connectivity index (χ2v) is 4.91. The van der Waals surface area contributed by atoms with Gasteiger partial charge in [0.1, 0.15) is 0 Å². The van der Waals surface area contributed by atoms with E-state index in [2.05, 4.69) is 5.32 Å². The van der Waals surface area contributed by atoms with Crippen LogP contribution in [0.3, 0.4) is 0 Å².